The minimum atomic E-state index is -1.34. The maximum Gasteiger partial charge on any atom is 0.488 e. The first-order chi connectivity index (χ1) is 17.9. The molecule has 1 atom stereocenters. The zero-order valence-electron chi connectivity index (χ0n) is 19.9. The summed E-state index contributed by atoms with van der Waals surface area (Å²) in [4.78, 5) is 28.6. The number of fused-ring (bicyclic) bond motifs is 1. The lowest BCUT2D eigenvalue weighted by Gasteiger charge is -2.08. The third-order valence-corrected chi connectivity index (χ3v) is 6.70. The van der Waals surface area contributed by atoms with E-state index in [1.807, 2.05) is 60.7 Å². The number of amides is 2. The number of aromatic nitrogens is 1. The van der Waals surface area contributed by atoms with Crippen LogP contribution in [0.2, 0.25) is 0 Å². The number of nitrogens with one attached hydrogen (secondary N) is 2. The first-order valence-electron chi connectivity index (χ1n) is 11.8. The van der Waals surface area contributed by atoms with Gasteiger partial charge in [-0.1, -0.05) is 66.7 Å². The molecule has 10 heteroatoms. The Morgan fingerprint density at radius 1 is 1.03 bits per heavy atom. The number of rotatable bonds is 7. The zero-order valence-corrected chi connectivity index (χ0v) is 20.7. The average molecular weight is 512 g/mol. The Morgan fingerprint density at radius 2 is 1.70 bits per heavy atom. The Morgan fingerprint density at radius 3 is 2.30 bits per heavy atom. The van der Waals surface area contributed by atoms with Crippen molar-refractivity contribution < 1.29 is 19.6 Å². The van der Waals surface area contributed by atoms with Gasteiger partial charge < -0.3 is 20.7 Å². The highest BCUT2D eigenvalue weighted by molar-refractivity contribution is 7.18. The van der Waals surface area contributed by atoms with Crippen molar-refractivity contribution in [3.05, 3.63) is 83.9 Å². The third kappa shape index (κ3) is 7.24. The predicted molar refractivity (Wildman–Crippen MR) is 144 cm³/mol. The van der Waals surface area contributed by atoms with E-state index in [-0.39, 0.29) is 18.5 Å². The average Bonchev–Trinajstić information content (AvgIpc) is 3.64. The van der Waals surface area contributed by atoms with Crippen LogP contribution in [0.5, 0.6) is 0 Å². The van der Waals surface area contributed by atoms with E-state index in [1.54, 1.807) is 24.3 Å². The van der Waals surface area contributed by atoms with Gasteiger partial charge >= 0.3 is 7.12 Å². The summed E-state index contributed by atoms with van der Waals surface area (Å²) in [6, 6.07) is 26.8. The third-order valence-electron chi connectivity index (χ3n) is 5.61. The van der Waals surface area contributed by atoms with Gasteiger partial charge in [0.1, 0.15) is 5.01 Å². The van der Waals surface area contributed by atoms with Crippen molar-refractivity contribution in [2.75, 3.05) is 6.54 Å². The van der Waals surface area contributed by atoms with Gasteiger partial charge in [0.15, 0.2) is 5.92 Å². The highest BCUT2D eigenvalue weighted by atomic mass is 32.1. The molecule has 1 aromatic heterocycles. The van der Waals surface area contributed by atoms with Crippen molar-refractivity contribution >= 4 is 45.9 Å². The number of nitriles is 1. The Kier molecular flexibility index (Phi) is 8.64. The van der Waals surface area contributed by atoms with E-state index >= 15 is 0 Å². The highest BCUT2D eigenvalue weighted by Gasteiger charge is 2.26. The molecule has 0 bridgehead atoms. The second kappa shape index (κ2) is 12.3. The van der Waals surface area contributed by atoms with Crippen molar-refractivity contribution in [2.45, 2.75) is 24.8 Å². The van der Waals surface area contributed by atoms with Crippen LogP contribution >= 0.6 is 11.3 Å². The fraction of sp³-hybridized carbons (Fsp3) is 0.185. The van der Waals surface area contributed by atoms with E-state index in [4.69, 9.17) is 10.0 Å². The van der Waals surface area contributed by atoms with Crippen LogP contribution in [0, 0.1) is 11.3 Å². The first kappa shape index (κ1) is 26.0. The van der Waals surface area contributed by atoms with E-state index in [0.717, 1.165) is 34.2 Å². The van der Waals surface area contributed by atoms with Crippen LogP contribution in [0.4, 0.5) is 0 Å². The van der Waals surface area contributed by atoms with Crippen LogP contribution < -0.4 is 16.1 Å². The van der Waals surface area contributed by atoms with Crippen LogP contribution in [0.1, 0.15) is 23.8 Å². The molecule has 0 spiro atoms. The molecule has 5 rings (SSSR count). The normalized spacial score (nSPS) is 13.0. The molecule has 4 N–H and O–H groups in total. The van der Waals surface area contributed by atoms with Gasteiger partial charge in [0.05, 0.1) is 22.8 Å². The molecule has 0 radical (unpaired) electrons. The molecular weight excluding hydrogens is 487 g/mol. The summed E-state index contributed by atoms with van der Waals surface area (Å²) in [5.41, 5.74) is 3.42. The van der Waals surface area contributed by atoms with Crippen LogP contribution in [0.25, 0.3) is 21.3 Å². The molecule has 3 aromatic carbocycles. The van der Waals surface area contributed by atoms with E-state index in [0.29, 0.717) is 10.5 Å². The van der Waals surface area contributed by atoms with Crippen LogP contribution in [0.3, 0.4) is 0 Å². The van der Waals surface area contributed by atoms with Crippen LogP contribution in [-0.4, -0.2) is 46.6 Å². The van der Waals surface area contributed by atoms with Crippen LogP contribution in [0.15, 0.2) is 78.9 Å². The summed E-state index contributed by atoms with van der Waals surface area (Å²) in [5, 5.41) is 32.4. The van der Waals surface area contributed by atoms with Crippen LogP contribution in [-0.2, 0) is 9.59 Å². The number of hydrogen-bond acceptors (Lipinski definition) is 7. The summed E-state index contributed by atoms with van der Waals surface area (Å²) in [6.45, 7) is -0.128. The smallest absolute Gasteiger partial charge is 0.423 e. The molecular formula is C27H25BN4O4S. The second-order valence-electron chi connectivity index (χ2n) is 8.51. The number of nitrogens with zero attached hydrogens (tertiary/aromatic N) is 2. The molecule has 1 aliphatic rings. The van der Waals surface area contributed by atoms with Crippen molar-refractivity contribution in [3.8, 4) is 17.2 Å². The monoisotopic (exact) mass is 512 g/mol. The largest absolute Gasteiger partial charge is 0.488 e. The van der Waals surface area contributed by atoms with E-state index in [9.17, 15) is 14.9 Å². The number of hydrogen-bond donors (Lipinski definition) is 4. The van der Waals surface area contributed by atoms with Gasteiger partial charge in [-0.3, -0.25) is 9.59 Å². The second-order valence-corrected chi connectivity index (χ2v) is 9.57. The summed E-state index contributed by atoms with van der Waals surface area (Å²) < 4.78 is 0.913. The lowest BCUT2D eigenvalue weighted by Crippen LogP contribution is -2.39. The fourth-order valence-corrected chi connectivity index (χ4v) is 4.55. The molecule has 1 saturated carbocycles. The van der Waals surface area contributed by atoms with E-state index in [2.05, 4.69) is 15.6 Å². The number of benzene rings is 3. The van der Waals surface area contributed by atoms with Crippen molar-refractivity contribution in [2.24, 2.45) is 0 Å². The number of thiazole rings is 1. The maximum atomic E-state index is 12.4. The lowest BCUT2D eigenvalue weighted by molar-refractivity contribution is -0.126. The minimum absolute atomic E-state index is 0.128. The Balaban J connectivity index is 0.000000301. The Bertz CT molecular complexity index is 1400. The molecule has 1 heterocycles. The molecule has 1 aliphatic carbocycles. The minimum Gasteiger partial charge on any atom is -0.423 e. The number of carbonyl (C=O) groups excluding carboxylic acids is 2. The summed E-state index contributed by atoms with van der Waals surface area (Å²) in [6.07, 6.45) is 1.97. The molecule has 4 aromatic rings. The molecule has 8 nitrogen and oxygen atoms in total. The molecule has 186 valence electrons. The lowest BCUT2D eigenvalue weighted by atomic mass is 9.81. The van der Waals surface area contributed by atoms with Gasteiger partial charge in [0, 0.05) is 6.04 Å². The molecule has 1 fully saturated rings. The molecule has 2 amide bonds. The predicted octanol–water partition coefficient (Wildman–Crippen LogP) is 2.33. The Labute approximate surface area is 218 Å². The fourth-order valence-electron chi connectivity index (χ4n) is 3.50. The number of carbonyl (C=O) groups is 2. The Hall–Kier alpha value is -4.04. The highest BCUT2D eigenvalue weighted by Crippen LogP contribution is 2.31. The van der Waals surface area contributed by atoms with Gasteiger partial charge in [0.2, 0.25) is 11.8 Å². The van der Waals surface area contributed by atoms with Gasteiger partial charge in [-0.15, -0.1) is 11.3 Å². The quantitative estimate of drug-likeness (QED) is 0.281. The van der Waals surface area contributed by atoms with E-state index < -0.39 is 18.9 Å². The van der Waals surface area contributed by atoms with Crippen molar-refractivity contribution in [1.29, 1.82) is 5.26 Å². The SMILES string of the molecule is N#CC(C(=O)NCC(=O)NC1CC1)c1nc2ccc(-c3ccccc3)cc2s1.OB(O)c1ccccc1. The summed E-state index contributed by atoms with van der Waals surface area (Å²) in [5.74, 6) is -1.77. The molecule has 0 aliphatic heterocycles. The zero-order chi connectivity index (χ0) is 26.2. The molecule has 0 saturated heterocycles. The van der Waals surface area contributed by atoms with Gasteiger partial charge in [-0.05, 0) is 41.6 Å². The topological polar surface area (TPSA) is 135 Å². The van der Waals surface area contributed by atoms with Gasteiger partial charge in [-0.25, -0.2) is 4.98 Å². The maximum absolute atomic E-state index is 12.4. The molecule has 37 heavy (non-hydrogen) atoms. The summed E-state index contributed by atoms with van der Waals surface area (Å²) >= 11 is 1.33. The van der Waals surface area contributed by atoms with Crippen molar-refractivity contribution in [3.63, 3.8) is 0 Å². The van der Waals surface area contributed by atoms with Gasteiger partial charge in [0.25, 0.3) is 0 Å². The van der Waals surface area contributed by atoms with Gasteiger partial charge in [-0.2, -0.15) is 5.26 Å². The van der Waals surface area contributed by atoms with E-state index in [1.165, 1.54) is 11.3 Å². The first-order valence-corrected chi connectivity index (χ1v) is 12.6. The summed E-state index contributed by atoms with van der Waals surface area (Å²) in [7, 11) is -1.34. The standard InChI is InChI=1S/C21H18N4O2S.C6H7BO2/c22-11-16(20(27)23-12-19(26)24-15-7-8-15)21-25-17-9-6-14(10-18(17)28-21)13-4-2-1-3-5-13;8-7(9)6-4-2-1-3-5-6/h1-6,9-10,15-16H,7-8,12H2,(H,23,27)(H,24,26);1-5,8-9H. The molecule has 1 unspecified atom stereocenters. The van der Waals surface area contributed by atoms with Crippen molar-refractivity contribution in [1.82, 2.24) is 15.6 Å².